The van der Waals surface area contributed by atoms with Crippen LogP contribution in [0.4, 0.5) is 0 Å². The van der Waals surface area contributed by atoms with Crippen LogP contribution < -0.4 is 0 Å². The Bertz CT molecular complexity index is 931. The van der Waals surface area contributed by atoms with Crippen molar-refractivity contribution in [2.75, 3.05) is 13.2 Å². The van der Waals surface area contributed by atoms with Crippen LogP contribution in [-0.4, -0.2) is 37.2 Å². The Kier molecular flexibility index (Phi) is 44.2. The van der Waals surface area contributed by atoms with Gasteiger partial charge in [-0.1, -0.05) is 253 Å². The molecular weight excluding hydrogens is 745 g/mol. The van der Waals surface area contributed by atoms with Crippen LogP contribution in [0.3, 0.4) is 0 Å². The zero-order chi connectivity index (χ0) is 44.2. The monoisotopic (exact) mass is 849 g/mol. The number of carbonyl (C=O) groups is 3. The fraction of sp³-hybridized carbons (Fsp3) is 0.944. The number of unbranched alkanes of at least 4 members (excludes halogenated alkanes) is 29. The van der Waals surface area contributed by atoms with Gasteiger partial charge in [0.15, 0.2) is 6.10 Å². The molecule has 2 atom stereocenters. The average Bonchev–Trinajstić information content (AvgIpc) is 3.22. The van der Waals surface area contributed by atoms with Gasteiger partial charge in [-0.2, -0.15) is 0 Å². The molecule has 0 aliphatic rings. The maximum Gasteiger partial charge on any atom is 0.306 e. The Hall–Kier alpha value is -1.59. The van der Waals surface area contributed by atoms with Crippen molar-refractivity contribution in [2.24, 2.45) is 17.8 Å². The quantitative estimate of drug-likeness (QED) is 0.0345. The highest BCUT2D eigenvalue weighted by Crippen LogP contribution is 2.18. The molecule has 1 unspecified atom stereocenters. The van der Waals surface area contributed by atoms with E-state index in [9.17, 15) is 14.4 Å². The summed E-state index contributed by atoms with van der Waals surface area (Å²) in [5.41, 5.74) is 0. The summed E-state index contributed by atoms with van der Waals surface area (Å²) in [4.78, 5) is 37.9. The van der Waals surface area contributed by atoms with Crippen molar-refractivity contribution < 1.29 is 28.6 Å². The highest BCUT2D eigenvalue weighted by molar-refractivity contribution is 5.71. The van der Waals surface area contributed by atoms with Crippen molar-refractivity contribution in [3.63, 3.8) is 0 Å². The van der Waals surface area contributed by atoms with Gasteiger partial charge in [-0.05, 0) is 37.0 Å². The Morgan fingerprint density at radius 3 is 0.867 bits per heavy atom. The third-order valence-corrected chi connectivity index (χ3v) is 12.5. The normalized spacial score (nSPS) is 12.6. The molecule has 0 aromatic heterocycles. The molecule has 0 amide bonds. The van der Waals surface area contributed by atoms with Crippen molar-refractivity contribution in [1.29, 1.82) is 0 Å². The summed E-state index contributed by atoms with van der Waals surface area (Å²) in [7, 11) is 0. The van der Waals surface area contributed by atoms with E-state index in [1.165, 1.54) is 173 Å². The third kappa shape index (κ3) is 45.9. The molecule has 60 heavy (non-hydrogen) atoms. The predicted octanol–water partition coefficient (Wildman–Crippen LogP) is 17.2. The minimum atomic E-state index is -0.763. The minimum Gasteiger partial charge on any atom is -0.462 e. The number of hydrogen-bond donors (Lipinski definition) is 0. The van der Waals surface area contributed by atoms with E-state index in [1.807, 2.05) is 0 Å². The van der Waals surface area contributed by atoms with E-state index < -0.39 is 6.10 Å². The van der Waals surface area contributed by atoms with E-state index in [0.717, 1.165) is 75.5 Å². The topological polar surface area (TPSA) is 78.9 Å². The maximum absolute atomic E-state index is 12.7. The zero-order valence-electron chi connectivity index (χ0n) is 41.3. The van der Waals surface area contributed by atoms with Crippen LogP contribution in [0.25, 0.3) is 0 Å². The van der Waals surface area contributed by atoms with Crippen LogP contribution in [0, 0.1) is 17.8 Å². The van der Waals surface area contributed by atoms with E-state index in [1.54, 1.807) is 0 Å². The molecule has 0 aliphatic carbocycles. The van der Waals surface area contributed by atoms with Gasteiger partial charge < -0.3 is 14.2 Å². The Labute approximate surface area is 374 Å². The van der Waals surface area contributed by atoms with Gasteiger partial charge in [-0.25, -0.2) is 0 Å². The third-order valence-electron chi connectivity index (χ3n) is 12.5. The van der Waals surface area contributed by atoms with E-state index in [-0.39, 0.29) is 31.1 Å². The molecule has 0 fully saturated rings. The molecular formula is C54H104O6. The van der Waals surface area contributed by atoms with Gasteiger partial charge in [0.05, 0.1) is 0 Å². The van der Waals surface area contributed by atoms with Crippen LogP contribution in [0.15, 0.2) is 0 Å². The summed E-state index contributed by atoms with van der Waals surface area (Å²) in [5, 5.41) is 0. The van der Waals surface area contributed by atoms with Crippen LogP contribution in [0.2, 0.25) is 0 Å². The predicted molar refractivity (Wildman–Crippen MR) is 256 cm³/mol. The molecule has 0 saturated heterocycles. The highest BCUT2D eigenvalue weighted by Gasteiger charge is 2.19. The van der Waals surface area contributed by atoms with Gasteiger partial charge in [0.2, 0.25) is 0 Å². The van der Waals surface area contributed by atoms with E-state index >= 15 is 0 Å². The summed E-state index contributed by atoms with van der Waals surface area (Å²) < 4.78 is 16.8. The van der Waals surface area contributed by atoms with E-state index in [0.29, 0.717) is 19.3 Å². The van der Waals surface area contributed by atoms with Gasteiger partial charge in [-0.15, -0.1) is 0 Å². The molecule has 0 radical (unpaired) electrons. The van der Waals surface area contributed by atoms with Crippen molar-refractivity contribution >= 4 is 17.9 Å². The first-order valence-corrected chi connectivity index (χ1v) is 26.6. The van der Waals surface area contributed by atoms with Crippen LogP contribution in [0.1, 0.15) is 292 Å². The lowest BCUT2D eigenvalue weighted by molar-refractivity contribution is -0.167. The lowest BCUT2D eigenvalue weighted by Gasteiger charge is -2.18. The SMILES string of the molecule is CCC(C)CCCCCCCCCCC(=O)OC[C@H](COC(=O)CCCCCCCCCCCCCCCCCCCCC(C)C)OC(=O)CCCCCCCCC(C)C. The van der Waals surface area contributed by atoms with Crippen LogP contribution >= 0.6 is 0 Å². The van der Waals surface area contributed by atoms with Gasteiger partial charge in [0, 0.05) is 19.3 Å². The molecule has 0 spiro atoms. The van der Waals surface area contributed by atoms with Crippen molar-refractivity contribution in [3.05, 3.63) is 0 Å². The largest absolute Gasteiger partial charge is 0.462 e. The molecule has 0 aromatic rings. The highest BCUT2D eigenvalue weighted by atomic mass is 16.6. The van der Waals surface area contributed by atoms with Crippen LogP contribution in [0.5, 0.6) is 0 Å². The molecule has 356 valence electrons. The number of ether oxygens (including phenoxy) is 3. The van der Waals surface area contributed by atoms with Gasteiger partial charge >= 0.3 is 17.9 Å². The number of esters is 3. The summed E-state index contributed by atoms with van der Waals surface area (Å²) in [6, 6.07) is 0. The van der Waals surface area contributed by atoms with Crippen LogP contribution in [-0.2, 0) is 28.6 Å². The lowest BCUT2D eigenvalue weighted by Crippen LogP contribution is -2.30. The fourth-order valence-electron chi connectivity index (χ4n) is 8.08. The summed E-state index contributed by atoms with van der Waals surface area (Å²) in [5.74, 6) is 1.61. The molecule has 0 bridgehead atoms. The molecule has 0 rings (SSSR count). The van der Waals surface area contributed by atoms with E-state index in [2.05, 4.69) is 41.5 Å². The first-order chi connectivity index (χ1) is 29.1. The zero-order valence-corrected chi connectivity index (χ0v) is 41.3. The molecule has 0 saturated carbocycles. The second kappa shape index (κ2) is 45.4. The van der Waals surface area contributed by atoms with Gasteiger partial charge in [-0.3, -0.25) is 14.4 Å². The Morgan fingerprint density at radius 2 is 0.583 bits per heavy atom. The fourth-order valence-corrected chi connectivity index (χ4v) is 8.08. The standard InChI is InChI=1S/C54H104O6/c1-7-50(6)42-36-30-23-20-21-25-32-38-44-53(56)59-47-51(60-54(57)45-39-33-27-26-29-35-41-49(4)5)46-58-52(55)43-37-31-24-19-17-15-13-11-9-8-10-12-14-16-18-22-28-34-40-48(2)3/h48-51H,7-47H2,1-6H3/t50?,51-/m0/s1. The van der Waals surface area contributed by atoms with E-state index in [4.69, 9.17) is 14.2 Å². The van der Waals surface area contributed by atoms with Crippen molar-refractivity contribution in [3.8, 4) is 0 Å². The Morgan fingerprint density at radius 1 is 0.333 bits per heavy atom. The first-order valence-electron chi connectivity index (χ1n) is 26.6. The van der Waals surface area contributed by atoms with Gasteiger partial charge in [0.25, 0.3) is 0 Å². The Balaban J connectivity index is 4.17. The second-order valence-electron chi connectivity index (χ2n) is 19.7. The maximum atomic E-state index is 12.7. The molecule has 0 aliphatic heterocycles. The number of hydrogen-bond acceptors (Lipinski definition) is 6. The second-order valence-corrected chi connectivity index (χ2v) is 19.7. The summed E-state index contributed by atoms with van der Waals surface area (Å²) >= 11 is 0. The summed E-state index contributed by atoms with van der Waals surface area (Å²) in [6.45, 7) is 13.7. The minimum absolute atomic E-state index is 0.0657. The molecule has 0 aromatic carbocycles. The first kappa shape index (κ1) is 58.4. The smallest absolute Gasteiger partial charge is 0.306 e. The molecule has 0 heterocycles. The lowest BCUT2D eigenvalue weighted by atomic mass is 9.99. The van der Waals surface area contributed by atoms with Crippen molar-refractivity contribution in [1.82, 2.24) is 0 Å². The molecule has 0 N–H and O–H groups in total. The number of rotatable bonds is 47. The average molecular weight is 849 g/mol. The summed E-state index contributed by atoms with van der Waals surface area (Å²) in [6.07, 6.45) is 45.4. The number of carbonyl (C=O) groups excluding carboxylic acids is 3. The van der Waals surface area contributed by atoms with Crippen molar-refractivity contribution in [2.45, 2.75) is 298 Å². The van der Waals surface area contributed by atoms with Gasteiger partial charge in [0.1, 0.15) is 13.2 Å². The molecule has 6 nitrogen and oxygen atoms in total. The molecule has 6 heteroatoms.